The van der Waals surface area contributed by atoms with Crippen LogP contribution in [-0.2, 0) is 22.7 Å². The molecule has 0 aliphatic heterocycles. The fourth-order valence-electron chi connectivity index (χ4n) is 2.75. The summed E-state index contributed by atoms with van der Waals surface area (Å²) in [6.07, 6.45) is 2.01. The van der Waals surface area contributed by atoms with Crippen LogP contribution in [0.1, 0.15) is 38.4 Å². The minimum absolute atomic E-state index is 0.0520. The van der Waals surface area contributed by atoms with E-state index in [1.54, 1.807) is 11.1 Å². The summed E-state index contributed by atoms with van der Waals surface area (Å²) in [6, 6.07) is 15.7. The largest absolute Gasteiger partial charge is 0.337 e. The number of carbonyl (C=O) groups is 2. The second-order valence-corrected chi connectivity index (χ2v) is 6.61. The van der Waals surface area contributed by atoms with Crippen LogP contribution >= 0.6 is 0 Å². The topological polar surface area (TPSA) is 53.5 Å². The summed E-state index contributed by atoms with van der Waals surface area (Å²) >= 11 is 0. The SMILES string of the molecule is CC(=O)N(CCC(=O)N(Cc1ccccc1)C(C)C)Cc1ccccn1. The van der Waals surface area contributed by atoms with Gasteiger partial charge in [0.1, 0.15) is 0 Å². The van der Waals surface area contributed by atoms with E-state index in [1.165, 1.54) is 6.92 Å². The molecule has 2 rings (SSSR count). The van der Waals surface area contributed by atoms with Crippen LogP contribution in [0.3, 0.4) is 0 Å². The molecular weight excluding hydrogens is 326 g/mol. The lowest BCUT2D eigenvalue weighted by atomic mass is 10.1. The Bertz CT molecular complexity index is 702. The molecule has 0 radical (unpaired) electrons. The molecule has 0 N–H and O–H groups in total. The van der Waals surface area contributed by atoms with E-state index in [2.05, 4.69) is 4.98 Å². The fourth-order valence-corrected chi connectivity index (χ4v) is 2.75. The van der Waals surface area contributed by atoms with E-state index in [0.29, 0.717) is 26.1 Å². The van der Waals surface area contributed by atoms with Crippen LogP contribution in [0.5, 0.6) is 0 Å². The Hall–Kier alpha value is -2.69. The number of carbonyl (C=O) groups excluding carboxylic acids is 2. The summed E-state index contributed by atoms with van der Waals surface area (Å²) in [4.78, 5) is 32.5. The summed E-state index contributed by atoms with van der Waals surface area (Å²) in [5.41, 5.74) is 1.92. The minimum Gasteiger partial charge on any atom is -0.337 e. The predicted octanol–water partition coefficient (Wildman–Crippen LogP) is 3.26. The summed E-state index contributed by atoms with van der Waals surface area (Å²) in [5, 5.41) is 0. The molecule has 0 spiro atoms. The molecule has 0 aliphatic rings. The molecule has 1 heterocycles. The average molecular weight is 353 g/mol. The van der Waals surface area contributed by atoms with Crippen LogP contribution in [-0.4, -0.2) is 39.2 Å². The normalized spacial score (nSPS) is 10.6. The zero-order valence-corrected chi connectivity index (χ0v) is 15.8. The molecule has 26 heavy (non-hydrogen) atoms. The van der Waals surface area contributed by atoms with Crippen molar-refractivity contribution < 1.29 is 9.59 Å². The number of aromatic nitrogens is 1. The number of amides is 2. The van der Waals surface area contributed by atoms with Gasteiger partial charge in [0.25, 0.3) is 0 Å². The lowest BCUT2D eigenvalue weighted by molar-refractivity contribution is -0.135. The Balaban J connectivity index is 1.97. The van der Waals surface area contributed by atoms with Gasteiger partial charge < -0.3 is 9.80 Å². The van der Waals surface area contributed by atoms with Gasteiger partial charge in [-0.05, 0) is 31.5 Å². The molecular formula is C21H27N3O2. The Morgan fingerprint density at radius 3 is 2.27 bits per heavy atom. The molecule has 0 unspecified atom stereocenters. The highest BCUT2D eigenvalue weighted by molar-refractivity contribution is 5.78. The van der Waals surface area contributed by atoms with Crippen LogP contribution in [0.25, 0.3) is 0 Å². The molecule has 2 amide bonds. The van der Waals surface area contributed by atoms with E-state index in [-0.39, 0.29) is 17.9 Å². The van der Waals surface area contributed by atoms with Crippen molar-refractivity contribution in [2.45, 2.75) is 46.3 Å². The molecule has 5 heteroatoms. The fraction of sp³-hybridized carbons (Fsp3) is 0.381. The van der Waals surface area contributed by atoms with Gasteiger partial charge in [-0.25, -0.2) is 0 Å². The first-order valence-corrected chi connectivity index (χ1v) is 8.96. The lowest BCUT2D eigenvalue weighted by Gasteiger charge is -2.28. The molecule has 1 aromatic carbocycles. The quantitative estimate of drug-likeness (QED) is 0.732. The van der Waals surface area contributed by atoms with Gasteiger partial charge in [-0.3, -0.25) is 14.6 Å². The Morgan fingerprint density at radius 2 is 1.69 bits per heavy atom. The van der Waals surface area contributed by atoms with Gasteiger partial charge in [-0.15, -0.1) is 0 Å². The van der Waals surface area contributed by atoms with Crippen LogP contribution in [0.4, 0.5) is 0 Å². The highest BCUT2D eigenvalue weighted by Gasteiger charge is 2.19. The van der Waals surface area contributed by atoms with Gasteiger partial charge in [-0.2, -0.15) is 0 Å². The second-order valence-electron chi connectivity index (χ2n) is 6.61. The molecule has 138 valence electrons. The molecule has 1 aromatic heterocycles. The van der Waals surface area contributed by atoms with Crippen molar-refractivity contribution in [2.24, 2.45) is 0 Å². The second kappa shape index (κ2) is 9.70. The number of benzene rings is 1. The first-order chi connectivity index (χ1) is 12.5. The standard InChI is InChI=1S/C21H27N3O2/c1-17(2)24(15-19-9-5-4-6-10-19)21(26)12-14-23(18(3)25)16-20-11-7-8-13-22-20/h4-11,13,17H,12,14-16H2,1-3H3. The molecule has 0 saturated heterocycles. The van der Waals surface area contributed by atoms with E-state index >= 15 is 0 Å². The highest BCUT2D eigenvalue weighted by Crippen LogP contribution is 2.11. The van der Waals surface area contributed by atoms with Crippen molar-refractivity contribution in [3.8, 4) is 0 Å². The van der Waals surface area contributed by atoms with Gasteiger partial charge in [0.2, 0.25) is 11.8 Å². The van der Waals surface area contributed by atoms with Gasteiger partial charge in [0.05, 0.1) is 12.2 Å². The van der Waals surface area contributed by atoms with Crippen molar-refractivity contribution >= 4 is 11.8 Å². The number of nitrogens with zero attached hydrogens (tertiary/aromatic N) is 3. The Labute approximate surface area is 155 Å². The van der Waals surface area contributed by atoms with Crippen molar-refractivity contribution in [3.63, 3.8) is 0 Å². The van der Waals surface area contributed by atoms with Crippen LogP contribution in [0.2, 0.25) is 0 Å². The molecule has 2 aromatic rings. The van der Waals surface area contributed by atoms with Crippen molar-refractivity contribution in [1.29, 1.82) is 0 Å². The lowest BCUT2D eigenvalue weighted by Crippen LogP contribution is -2.39. The smallest absolute Gasteiger partial charge is 0.224 e. The zero-order valence-electron chi connectivity index (χ0n) is 15.8. The van der Waals surface area contributed by atoms with Crippen molar-refractivity contribution in [2.75, 3.05) is 6.54 Å². The summed E-state index contributed by atoms with van der Waals surface area (Å²) in [7, 11) is 0. The summed E-state index contributed by atoms with van der Waals surface area (Å²) < 4.78 is 0. The van der Waals surface area contributed by atoms with Crippen molar-refractivity contribution in [3.05, 3.63) is 66.0 Å². The van der Waals surface area contributed by atoms with Crippen molar-refractivity contribution in [1.82, 2.24) is 14.8 Å². The van der Waals surface area contributed by atoms with Gasteiger partial charge in [-0.1, -0.05) is 36.4 Å². The zero-order chi connectivity index (χ0) is 18.9. The maximum absolute atomic E-state index is 12.7. The van der Waals surface area contributed by atoms with Gasteiger partial charge >= 0.3 is 0 Å². The number of hydrogen-bond acceptors (Lipinski definition) is 3. The Kier molecular flexibility index (Phi) is 7.33. The Morgan fingerprint density at radius 1 is 1.00 bits per heavy atom. The van der Waals surface area contributed by atoms with Crippen LogP contribution in [0.15, 0.2) is 54.7 Å². The molecule has 5 nitrogen and oxygen atoms in total. The third-order valence-electron chi connectivity index (χ3n) is 4.26. The first kappa shape index (κ1) is 19.6. The maximum atomic E-state index is 12.7. The minimum atomic E-state index is -0.0531. The van der Waals surface area contributed by atoms with Gasteiger partial charge in [0.15, 0.2) is 0 Å². The van der Waals surface area contributed by atoms with Gasteiger partial charge in [0, 0.05) is 38.7 Å². The molecule has 0 bridgehead atoms. The summed E-state index contributed by atoms with van der Waals surface area (Å²) in [6.45, 7) is 6.94. The summed E-state index contributed by atoms with van der Waals surface area (Å²) in [5.74, 6) is -0.00117. The van der Waals surface area contributed by atoms with E-state index in [0.717, 1.165) is 11.3 Å². The van der Waals surface area contributed by atoms with E-state index in [9.17, 15) is 9.59 Å². The monoisotopic (exact) mass is 353 g/mol. The maximum Gasteiger partial charge on any atom is 0.224 e. The van der Waals surface area contributed by atoms with Crippen LogP contribution < -0.4 is 0 Å². The third-order valence-corrected chi connectivity index (χ3v) is 4.26. The molecule has 0 saturated carbocycles. The number of rotatable bonds is 8. The molecule has 0 fully saturated rings. The number of hydrogen-bond donors (Lipinski definition) is 0. The van der Waals surface area contributed by atoms with Crippen LogP contribution in [0, 0.1) is 0 Å². The molecule has 0 atom stereocenters. The third kappa shape index (κ3) is 5.99. The van der Waals surface area contributed by atoms with E-state index in [1.807, 2.05) is 67.3 Å². The predicted molar refractivity (Wildman–Crippen MR) is 102 cm³/mol. The van der Waals surface area contributed by atoms with E-state index in [4.69, 9.17) is 0 Å². The molecule has 0 aliphatic carbocycles. The average Bonchev–Trinajstić information content (AvgIpc) is 2.64. The first-order valence-electron chi connectivity index (χ1n) is 8.96. The van der Waals surface area contributed by atoms with E-state index < -0.39 is 0 Å². The highest BCUT2D eigenvalue weighted by atomic mass is 16.2. The number of pyridine rings is 1.